The smallest absolute Gasteiger partial charge is 0.233 e. The molecule has 0 atom stereocenters. The minimum atomic E-state index is 0.0522. The largest absolute Gasteiger partial charge is 0.355 e. The average molecular weight is 239 g/mol. The van der Waals surface area contributed by atoms with Gasteiger partial charge in [-0.3, -0.25) is 4.79 Å². The Morgan fingerprint density at radius 3 is 2.94 bits per heavy atom. The van der Waals surface area contributed by atoms with Crippen LogP contribution in [0, 0.1) is 0 Å². The van der Waals surface area contributed by atoms with E-state index in [4.69, 9.17) is 0 Å². The Balaban J connectivity index is 2.04. The van der Waals surface area contributed by atoms with Crippen LogP contribution in [0.1, 0.15) is 25.6 Å². The molecule has 0 aliphatic carbocycles. The third-order valence-corrected chi connectivity index (χ3v) is 2.47. The molecule has 0 unspecified atom stereocenters. The summed E-state index contributed by atoms with van der Waals surface area (Å²) in [4.78, 5) is 11.3. The summed E-state index contributed by atoms with van der Waals surface area (Å²) in [5, 5.41) is 13.7. The summed E-state index contributed by atoms with van der Waals surface area (Å²) in [5.74, 6) is 0.973. The van der Waals surface area contributed by atoms with Crippen LogP contribution in [-0.4, -0.2) is 40.3 Å². The van der Waals surface area contributed by atoms with Crippen molar-refractivity contribution in [2.45, 2.75) is 26.2 Å². The second-order valence-electron chi connectivity index (χ2n) is 3.99. The number of hydrogen-bond acceptors (Lipinski definition) is 4. The van der Waals surface area contributed by atoms with E-state index < -0.39 is 0 Å². The number of carbonyl (C=O) groups is 1. The molecule has 6 nitrogen and oxygen atoms in total. The van der Waals surface area contributed by atoms with Gasteiger partial charge in [0.1, 0.15) is 12.2 Å². The van der Waals surface area contributed by atoms with Gasteiger partial charge in [0.25, 0.3) is 0 Å². The summed E-state index contributed by atoms with van der Waals surface area (Å²) in [6.45, 7) is 3.96. The normalized spacial score (nSPS) is 10.5. The lowest BCUT2D eigenvalue weighted by molar-refractivity contribution is -0.120. The van der Waals surface area contributed by atoms with Crippen molar-refractivity contribution in [1.82, 2.24) is 25.4 Å². The highest BCUT2D eigenvalue weighted by Crippen LogP contribution is 1.90. The fourth-order valence-corrected chi connectivity index (χ4v) is 1.40. The van der Waals surface area contributed by atoms with Crippen molar-refractivity contribution in [2.24, 2.45) is 7.05 Å². The number of carbonyl (C=O) groups excluding carboxylic acids is 1. The molecule has 2 N–H and O–H groups in total. The molecule has 1 amide bonds. The first-order valence-corrected chi connectivity index (χ1v) is 6.04. The van der Waals surface area contributed by atoms with Gasteiger partial charge in [-0.1, -0.05) is 13.3 Å². The lowest BCUT2D eigenvalue weighted by Gasteiger charge is -2.05. The third-order valence-electron chi connectivity index (χ3n) is 2.47. The molecule has 1 rings (SSSR count). The molecule has 96 valence electrons. The Hall–Kier alpha value is -1.43. The predicted molar refractivity (Wildman–Crippen MR) is 65.5 cm³/mol. The molecule has 1 heterocycles. The van der Waals surface area contributed by atoms with Crippen molar-refractivity contribution in [2.75, 3.05) is 19.6 Å². The molecule has 0 spiro atoms. The van der Waals surface area contributed by atoms with Gasteiger partial charge in [-0.15, -0.1) is 10.2 Å². The van der Waals surface area contributed by atoms with Crippen LogP contribution in [0.4, 0.5) is 0 Å². The van der Waals surface area contributed by atoms with Crippen molar-refractivity contribution in [3.8, 4) is 0 Å². The maximum atomic E-state index is 11.3. The van der Waals surface area contributed by atoms with Gasteiger partial charge in [-0.25, -0.2) is 0 Å². The summed E-state index contributed by atoms with van der Waals surface area (Å²) in [7, 11) is 1.91. The van der Waals surface area contributed by atoms with Crippen LogP contribution in [0.5, 0.6) is 0 Å². The Morgan fingerprint density at radius 1 is 1.47 bits per heavy atom. The fourth-order valence-electron chi connectivity index (χ4n) is 1.40. The summed E-state index contributed by atoms with van der Waals surface area (Å²) in [6.07, 6.45) is 4.58. The fraction of sp³-hybridized carbons (Fsp3) is 0.727. The molecule has 0 aromatic carbocycles. The van der Waals surface area contributed by atoms with Gasteiger partial charge in [0, 0.05) is 26.6 Å². The van der Waals surface area contributed by atoms with Gasteiger partial charge < -0.3 is 15.2 Å². The number of nitrogens with one attached hydrogen (secondary N) is 2. The number of aromatic nitrogens is 3. The molecule has 6 heteroatoms. The van der Waals surface area contributed by atoms with Crippen LogP contribution >= 0.6 is 0 Å². The Bertz CT molecular complexity index is 336. The Morgan fingerprint density at radius 2 is 2.29 bits per heavy atom. The highest BCUT2D eigenvalue weighted by molar-refractivity contribution is 5.77. The van der Waals surface area contributed by atoms with E-state index in [1.165, 1.54) is 0 Å². The molecule has 0 aliphatic heterocycles. The first-order chi connectivity index (χ1) is 8.24. The van der Waals surface area contributed by atoms with Crippen LogP contribution in [0.15, 0.2) is 6.33 Å². The van der Waals surface area contributed by atoms with E-state index in [9.17, 15) is 4.79 Å². The molecule has 0 bridgehead atoms. The molecular formula is C11H21N5O. The molecule has 17 heavy (non-hydrogen) atoms. The number of hydrogen-bond donors (Lipinski definition) is 2. The first-order valence-electron chi connectivity index (χ1n) is 6.04. The van der Waals surface area contributed by atoms with E-state index >= 15 is 0 Å². The van der Waals surface area contributed by atoms with Crippen LogP contribution in [0.2, 0.25) is 0 Å². The second-order valence-corrected chi connectivity index (χ2v) is 3.99. The van der Waals surface area contributed by atoms with Crippen molar-refractivity contribution in [1.29, 1.82) is 0 Å². The van der Waals surface area contributed by atoms with E-state index in [1.807, 2.05) is 11.6 Å². The summed E-state index contributed by atoms with van der Waals surface area (Å²) in [6, 6.07) is 0. The molecule has 0 saturated heterocycles. The van der Waals surface area contributed by atoms with Crippen molar-refractivity contribution < 1.29 is 4.79 Å². The van der Waals surface area contributed by atoms with E-state index in [0.717, 1.165) is 38.2 Å². The second kappa shape index (κ2) is 7.78. The average Bonchev–Trinajstić information content (AvgIpc) is 2.71. The van der Waals surface area contributed by atoms with Gasteiger partial charge in [0.05, 0.1) is 6.54 Å². The Labute approximate surface area is 102 Å². The van der Waals surface area contributed by atoms with E-state index in [2.05, 4.69) is 27.8 Å². The minimum Gasteiger partial charge on any atom is -0.355 e. The highest BCUT2D eigenvalue weighted by atomic mass is 16.1. The lowest BCUT2D eigenvalue weighted by atomic mass is 10.3. The zero-order chi connectivity index (χ0) is 12.5. The third kappa shape index (κ3) is 5.44. The summed E-state index contributed by atoms with van der Waals surface area (Å²) >= 11 is 0. The topological polar surface area (TPSA) is 71.8 Å². The monoisotopic (exact) mass is 239 g/mol. The van der Waals surface area contributed by atoms with Gasteiger partial charge in [0.2, 0.25) is 5.91 Å². The van der Waals surface area contributed by atoms with Crippen LogP contribution < -0.4 is 10.6 Å². The molecule has 1 aromatic rings. The zero-order valence-corrected chi connectivity index (χ0v) is 10.6. The summed E-state index contributed by atoms with van der Waals surface area (Å²) < 4.78 is 1.88. The van der Waals surface area contributed by atoms with Crippen molar-refractivity contribution in [3.05, 3.63) is 12.2 Å². The van der Waals surface area contributed by atoms with E-state index in [1.54, 1.807) is 6.33 Å². The molecule has 0 fully saturated rings. The van der Waals surface area contributed by atoms with Gasteiger partial charge in [-0.05, 0) is 6.42 Å². The minimum absolute atomic E-state index is 0.0522. The lowest BCUT2D eigenvalue weighted by Crippen LogP contribution is -2.35. The standard InChI is InChI=1S/C11H21N5O/c1-3-4-6-13-11(17)8-12-7-5-10-15-14-9-16(10)2/h9,12H,3-8H2,1-2H3,(H,13,17). The number of aryl methyl sites for hydroxylation is 1. The number of amides is 1. The Kier molecular flexibility index (Phi) is 6.24. The maximum Gasteiger partial charge on any atom is 0.233 e. The maximum absolute atomic E-state index is 11.3. The van der Waals surface area contributed by atoms with Gasteiger partial charge >= 0.3 is 0 Å². The van der Waals surface area contributed by atoms with E-state index in [0.29, 0.717) is 6.54 Å². The molecule has 1 aromatic heterocycles. The number of rotatable bonds is 8. The first kappa shape index (κ1) is 13.6. The summed E-state index contributed by atoms with van der Waals surface area (Å²) in [5.41, 5.74) is 0. The highest BCUT2D eigenvalue weighted by Gasteiger charge is 2.02. The van der Waals surface area contributed by atoms with E-state index in [-0.39, 0.29) is 5.91 Å². The van der Waals surface area contributed by atoms with Gasteiger partial charge in [0.15, 0.2) is 0 Å². The predicted octanol–water partition coefficient (Wildman–Crippen LogP) is -0.136. The molecule has 0 saturated carbocycles. The van der Waals surface area contributed by atoms with Crippen LogP contribution in [0.3, 0.4) is 0 Å². The quantitative estimate of drug-likeness (QED) is 0.620. The van der Waals surface area contributed by atoms with Crippen molar-refractivity contribution >= 4 is 5.91 Å². The molecule has 0 radical (unpaired) electrons. The van der Waals surface area contributed by atoms with Crippen molar-refractivity contribution in [3.63, 3.8) is 0 Å². The number of unbranched alkanes of at least 4 members (excludes halogenated alkanes) is 1. The molecule has 0 aliphatic rings. The zero-order valence-electron chi connectivity index (χ0n) is 10.6. The van der Waals surface area contributed by atoms with Crippen LogP contribution in [0.25, 0.3) is 0 Å². The molecular weight excluding hydrogens is 218 g/mol. The SMILES string of the molecule is CCCCNC(=O)CNCCc1nncn1C. The van der Waals surface area contributed by atoms with Crippen LogP contribution in [-0.2, 0) is 18.3 Å². The number of nitrogens with zero attached hydrogens (tertiary/aromatic N) is 3. The van der Waals surface area contributed by atoms with Gasteiger partial charge in [-0.2, -0.15) is 0 Å².